The van der Waals surface area contributed by atoms with Crippen molar-refractivity contribution in [3.05, 3.63) is 71.5 Å². The van der Waals surface area contributed by atoms with Crippen molar-refractivity contribution in [2.24, 2.45) is 0 Å². The molecule has 29 heavy (non-hydrogen) atoms. The van der Waals surface area contributed by atoms with E-state index in [1.165, 1.54) is 19.5 Å². The molecule has 1 amide bonds. The standard InChI is InChI=1S/C21H20N4O4/c1-13-7-8-18(28-2)17(9-13)25-19(26)15-11-22-21(23-12-15)24-16-6-4-5-14(10-16)20(27)29-3/h4-12H,1-3H3,(H,25,26)(H,22,23,24). The zero-order chi connectivity index (χ0) is 20.8. The molecule has 0 fully saturated rings. The molecule has 8 heteroatoms. The van der Waals surface area contributed by atoms with Gasteiger partial charge in [0.15, 0.2) is 0 Å². The van der Waals surface area contributed by atoms with Crippen LogP contribution in [0.25, 0.3) is 0 Å². The smallest absolute Gasteiger partial charge is 0.337 e. The molecule has 0 unspecified atom stereocenters. The molecule has 2 aromatic carbocycles. The van der Waals surface area contributed by atoms with Crippen LogP contribution >= 0.6 is 0 Å². The topological polar surface area (TPSA) is 102 Å². The first-order chi connectivity index (χ1) is 14.0. The lowest BCUT2D eigenvalue weighted by molar-refractivity contribution is 0.0600. The molecule has 0 aliphatic rings. The Labute approximate surface area is 167 Å². The first kappa shape index (κ1) is 19.8. The van der Waals surface area contributed by atoms with Crippen LogP contribution in [0.5, 0.6) is 5.75 Å². The molecule has 3 aromatic rings. The number of amides is 1. The maximum absolute atomic E-state index is 12.5. The number of carbonyl (C=O) groups is 2. The number of esters is 1. The number of benzene rings is 2. The Bertz CT molecular complexity index is 1040. The van der Waals surface area contributed by atoms with E-state index < -0.39 is 5.97 Å². The molecular formula is C21H20N4O4. The van der Waals surface area contributed by atoms with Gasteiger partial charge in [0.05, 0.1) is 31.0 Å². The number of anilines is 3. The first-order valence-electron chi connectivity index (χ1n) is 8.73. The number of rotatable bonds is 6. The summed E-state index contributed by atoms with van der Waals surface area (Å²) in [6, 6.07) is 12.3. The zero-order valence-corrected chi connectivity index (χ0v) is 16.2. The second kappa shape index (κ2) is 8.83. The maximum atomic E-state index is 12.5. The van der Waals surface area contributed by atoms with Gasteiger partial charge >= 0.3 is 5.97 Å². The van der Waals surface area contributed by atoms with Gasteiger partial charge in [0.25, 0.3) is 5.91 Å². The molecule has 0 bridgehead atoms. The summed E-state index contributed by atoms with van der Waals surface area (Å²) in [5.41, 5.74) is 2.88. The predicted molar refractivity (Wildman–Crippen MR) is 109 cm³/mol. The molecule has 0 spiro atoms. The number of ether oxygens (including phenoxy) is 2. The maximum Gasteiger partial charge on any atom is 0.337 e. The number of aryl methyl sites for hydroxylation is 1. The van der Waals surface area contributed by atoms with Gasteiger partial charge in [0.2, 0.25) is 5.95 Å². The van der Waals surface area contributed by atoms with Crippen LogP contribution in [0.1, 0.15) is 26.3 Å². The molecule has 0 aliphatic carbocycles. The largest absolute Gasteiger partial charge is 0.495 e. The molecule has 2 N–H and O–H groups in total. The highest BCUT2D eigenvalue weighted by molar-refractivity contribution is 6.04. The fourth-order valence-corrected chi connectivity index (χ4v) is 2.59. The van der Waals surface area contributed by atoms with Gasteiger partial charge in [-0.25, -0.2) is 14.8 Å². The van der Waals surface area contributed by atoms with Crippen molar-refractivity contribution in [1.29, 1.82) is 0 Å². The van der Waals surface area contributed by atoms with E-state index in [-0.39, 0.29) is 11.9 Å². The molecule has 0 atom stereocenters. The predicted octanol–water partition coefficient (Wildman–Crippen LogP) is 3.58. The summed E-state index contributed by atoms with van der Waals surface area (Å²) in [4.78, 5) is 32.4. The Morgan fingerprint density at radius 2 is 1.72 bits per heavy atom. The first-order valence-corrected chi connectivity index (χ1v) is 8.73. The van der Waals surface area contributed by atoms with Gasteiger partial charge in [-0.1, -0.05) is 12.1 Å². The fraction of sp³-hybridized carbons (Fsp3) is 0.143. The average molecular weight is 392 g/mol. The van der Waals surface area contributed by atoms with Crippen LogP contribution in [0.3, 0.4) is 0 Å². The van der Waals surface area contributed by atoms with E-state index in [1.807, 2.05) is 19.1 Å². The van der Waals surface area contributed by atoms with Crippen LogP contribution in [0.4, 0.5) is 17.3 Å². The third kappa shape index (κ3) is 4.86. The van der Waals surface area contributed by atoms with Gasteiger partial charge in [-0.2, -0.15) is 0 Å². The third-order valence-corrected chi connectivity index (χ3v) is 4.06. The molecule has 0 saturated carbocycles. The molecule has 1 heterocycles. The minimum Gasteiger partial charge on any atom is -0.495 e. The number of hydrogen-bond donors (Lipinski definition) is 2. The fourth-order valence-electron chi connectivity index (χ4n) is 2.59. The third-order valence-electron chi connectivity index (χ3n) is 4.06. The molecule has 1 aromatic heterocycles. The van der Waals surface area contributed by atoms with E-state index in [9.17, 15) is 9.59 Å². The van der Waals surface area contributed by atoms with Crippen LogP contribution in [0.2, 0.25) is 0 Å². The Hall–Kier alpha value is -3.94. The summed E-state index contributed by atoms with van der Waals surface area (Å²) < 4.78 is 9.97. The lowest BCUT2D eigenvalue weighted by Crippen LogP contribution is -2.14. The molecule has 0 radical (unpaired) electrons. The van der Waals surface area contributed by atoms with Gasteiger partial charge < -0.3 is 20.1 Å². The Morgan fingerprint density at radius 3 is 2.41 bits per heavy atom. The van der Waals surface area contributed by atoms with Crippen molar-refractivity contribution >= 4 is 29.2 Å². The van der Waals surface area contributed by atoms with Crippen LogP contribution in [0.15, 0.2) is 54.9 Å². The Kier molecular flexibility index (Phi) is 6.03. The monoisotopic (exact) mass is 392 g/mol. The lowest BCUT2D eigenvalue weighted by atomic mass is 10.2. The number of hydrogen-bond acceptors (Lipinski definition) is 7. The molecular weight excluding hydrogens is 372 g/mol. The minimum atomic E-state index is -0.437. The summed E-state index contributed by atoms with van der Waals surface area (Å²) in [6.45, 7) is 1.92. The van der Waals surface area contributed by atoms with Crippen LogP contribution in [-0.2, 0) is 4.74 Å². The zero-order valence-electron chi connectivity index (χ0n) is 16.2. The molecule has 0 aliphatic heterocycles. The van der Waals surface area contributed by atoms with E-state index in [2.05, 4.69) is 20.6 Å². The normalized spacial score (nSPS) is 10.2. The molecule has 148 valence electrons. The van der Waals surface area contributed by atoms with Crippen molar-refractivity contribution in [2.75, 3.05) is 24.9 Å². The quantitative estimate of drug-likeness (QED) is 0.618. The molecule has 3 rings (SSSR count). The van der Waals surface area contributed by atoms with Gasteiger partial charge in [-0.15, -0.1) is 0 Å². The lowest BCUT2D eigenvalue weighted by Gasteiger charge is -2.11. The Balaban J connectivity index is 1.71. The van der Waals surface area contributed by atoms with E-state index in [0.717, 1.165) is 5.56 Å². The van der Waals surface area contributed by atoms with E-state index in [4.69, 9.17) is 9.47 Å². The van der Waals surface area contributed by atoms with Gasteiger partial charge in [-0.05, 0) is 42.8 Å². The molecule has 0 saturated heterocycles. The van der Waals surface area contributed by atoms with Crippen molar-refractivity contribution < 1.29 is 19.1 Å². The second-order valence-electron chi connectivity index (χ2n) is 6.15. The highest BCUT2D eigenvalue weighted by Gasteiger charge is 2.12. The number of nitrogens with zero attached hydrogens (tertiary/aromatic N) is 2. The van der Waals surface area contributed by atoms with Crippen molar-refractivity contribution in [3.8, 4) is 5.75 Å². The van der Waals surface area contributed by atoms with Gasteiger partial charge in [0, 0.05) is 18.1 Å². The van der Waals surface area contributed by atoms with Gasteiger partial charge in [0.1, 0.15) is 5.75 Å². The van der Waals surface area contributed by atoms with Crippen molar-refractivity contribution in [1.82, 2.24) is 9.97 Å². The minimum absolute atomic E-state index is 0.289. The van der Waals surface area contributed by atoms with Gasteiger partial charge in [-0.3, -0.25) is 4.79 Å². The van der Waals surface area contributed by atoms with Crippen LogP contribution in [0, 0.1) is 6.92 Å². The summed E-state index contributed by atoms with van der Waals surface area (Å²) in [5.74, 6) is 0.0617. The van der Waals surface area contributed by atoms with Crippen LogP contribution in [-0.4, -0.2) is 36.1 Å². The van der Waals surface area contributed by atoms with Crippen molar-refractivity contribution in [2.45, 2.75) is 6.92 Å². The number of carbonyl (C=O) groups excluding carboxylic acids is 2. The number of nitrogens with one attached hydrogen (secondary N) is 2. The molecule has 8 nitrogen and oxygen atoms in total. The van der Waals surface area contributed by atoms with E-state index in [1.54, 1.807) is 37.4 Å². The van der Waals surface area contributed by atoms with Crippen LogP contribution < -0.4 is 15.4 Å². The second-order valence-corrected chi connectivity index (χ2v) is 6.15. The summed E-state index contributed by atoms with van der Waals surface area (Å²) in [5, 5.41) is 5.78. The average Bonchev–Trinajstić information content (AvgIpc) is 2.74. The Morgan fingerprint density at radius 1 is 0.966 bits per heavy atom. The number of methoxy groups -OCH3 is 2. The highest BCUT2D eigenvalue weighted by atomic mass is 16.5. The van der Waals surface area contributed by atoms with Crippen molar-refractivity contribution in [3.63, 3.8) is 0 Å². The highest BCUT2D eigenvalue weighted by Crippen LogP contribution is 2.25. The summed E-state index contributed by atoms with van der Waals surface area (Å²) >= 11 is 0. The SMILES string of the molecule is COC(=O)c1cccc(Nc2ncc(C(=O)Nc3cc(C)ccc3OC)cn2)c1. The van der Waals surface area contributed by atoms with E-state index in [0.29, 0.717) is 28.3 Å². The summed E-state index contributed by atoms with van der Waals surface area (Å²) in [6.07, 6.45) is 2.83. The summed E-state index contributed by atoms with van der Waals surface area (Å²) in [7, 11) is 2.86. The van der Waals surface area contributed by atoms with E-state index >= 15 is 0 Å². The number of aromatic nitrogens is 2.